The number of unbranched alkanes of at least 4 members (excludes halogenated alkanes) is 1. The lowest BCUT2D eigenvalue weighted by Crippen LogP contribution is -2.30. The van der Waals surface area contributed by atoms with Crippen LogP contribution < -0.4 is 15.8 Å². The van der Waals surface area contributed by atoms with E-state index in [0.717, 1.165) is 19.4 Å². The number of benzene rings is 1. The molecule has 0 radical (unpaired) electrons. The highest BCUT2D eigenvalue weighted by molar-refractivity contribution is 5.77. The van der Waals surface area contributed by atoms with Crippen LogP contribution in [0, 0.1) is 0 Å². The largest absolute Gasteiger partial charge is 0.484 e. The van der Waals surface area contributed by atoms with E-state index in [1.165, 1.54) is 0 Å². The van der Waals surface area contributed by atoms with E-state index < -0.39 is 0 Å². The van der Waals surface area contributed by atoms with E-state index in [1.54, 1.807) is 24.3 Å². The van der Waals surface area contributed by atoms with Crippen molar-refractivity contribution in [1.29, 1.82) is 0 Å². The van der Waals surface area contributed by atoms with E-state index in [4.69, 9.17) is 10.5 Å². The van der Waals surface area contributed by atoms with Gasteiger partial charge >= 0.3 is 0 Å². The summed E-state index contributed by atoms with van der Waals surface area (Å²) in [4.78, 5) is 13.7. The maximum absolute atomic E-state index is 11.5. The van der Waals surface area contributed by atoms with E-state index in [1.807, 2.05) is 14.1 Å². The number of nitrogens with zero attached hydrogens (tertiary/aromatic N) is 1. The van der Waals surface area contributed by atoms with Crippen LogP contribution in [0.5, 0.6) is 5.75 Å². The van der Waals surface area contributed by atoms with Gasteiger partial charge in [-0.2, -0.15) is 0 Å². The van der Waals surface area contributed by atoms with Gasteiger partial charge in [0.05, 0.1) is 0 Å². The topological polar surface area (TPSA) is 67.6 Å². The zero-order valence-corrected chi connectivity index (χ0v) is 11.7. The van der Waals surface area contributed by atoms with Crippen molar-refractivity contribution in [2.45, 2.75) is 12.8 Å². The fourth-order valence-corrected chi connectivity index (χ4v) is 1.59. The van der Waals surface area contributed by atoms with Crippen molar-refractivity contribution in [2.24, 2.45) is 0 Å². The lowest BCUT2D eigenvalue weighted by molar-refractivity contribution is -0.123. The molecule has 106 valence electrons. The Kier molecular flexibility index (Phi) is 6.74. The summed E-state index contributed by atoms with van der Waals surface area (Å²) in [5.74, 6) is 0.509. The fraction of sp³-hybridized carbons (Fsp3) is 0.500. The number of anilines is 1. The first kappa shape index (κ1) is 15.3. The molecular formula is C14H23N3O2. The molecule has 0 aliphatic heterocycles. The minimum atomic E-state index is -0.104. The molecule has 0 fully saturated rings. The van der Waals surface area contributed by atoms with E-state index >= 15 is 0 Å². The number of amides is 1. The van der Waals surface area contributed by atoms with Gasteiger partial charge in [-0.3, -0.25) is 4.79 Å². The Morgan fingerprint density at radius 2 is 2.16 bits per heavy atom. The number of nitrogens with one attached hydrogen (secondary N) is 1. The predicted molar refractivity (Wildman–Crippen MR) is 77.1 cm³/mol. The van der Waals surface area contributed by atoms with Crippen molar-refractivity contribution in [2.75, 3.05) is 39.5 Å². The maximum Gasteiger partial charge on any atom is 0.257 e. The molecule has 5 heteroatoms. The van der Waals surface area contributed by atoms with Gasteiger partial charge in [-0.05, 0) is 45.6 Å². The number of carbonyl (C=O) groups is 1. The summed E-state index contributed by atoms with van der Waals surface area (Å²) < 4.78 is 5.34. The monoisotopic (exact) mass is 265 g/mol. The second-order valence-electron chi connectivity index (χ2n) is 4.72. The molecule has 0 bridgehead atoms. The summed E-state index contributed by atoms with van der Waals surface area (Å²) in [6.45, 7) is 1.75. The van der Waals surface area contributed by atoms with Crippen LogP contribution in [0.25, 0.3) is 0 Å². The van der Waals surface area contributed by atoms with Gasteiger partial charge in [0.2, 0.25) is 0 Å². The number of nitrogen functional groups attached to an aromatic ring is 1. The summed E-state index contributed by atoms with van der Waals surface area (Å²) in [6, 6.07) is 7.05. The highest BCUT2D eigenvalue weighted by Crippen LogP contribution is 2.13. The van der Waals surface area contributed by atoms with Crippen LogP contribution in [0.15, 0.2) is 24.3 Å². The predicted octanol–water partition coefficient (Wildman–Crippen LogP) is 1.11. The molecule has 0 aliphatic carbocycles. The van der Waals surface area contributed by atoms with Gasteiger partial charge in [-0.1, -0.05) is 6.07 Å². The zero-order chi connectivity index (χ0) is 14.1. The summed E-state index contributed by atoms with van der Waals surface area (Å²) in [5, 5.41) is 2.83. The Morgan fingerprint density at radius 3 is 2.84 bits per heavy atom. The summed E-state index contributed by atoms with van der Waals surface area (Å²) in [6.07, 6.45) is 2.05. The van der Waals surface area contributed by atoms with Gasteiger partial charge in [-0.25, -0.2) is 0 Å². The summed E-state index contributed by atoms with van der Waals surface area (Å²) >= 11 is 0. The fourth-order valence-electron chi connectivity index (χ4n) is 1.59. The standard InChI is InChI=1S/C14H23N3O2/c1-17(2)9-4-3-8-16-14(18)11-19-13-7-5-6-12(15)10-13/h5-7,10H,3-4,8-9,11,15H2,1-2H3,(H,16,18). The Bertz CT molecular complexity index is 394. The first-order valence-electron chi connectivity index (χ1n) is 6.47. The molecular weight excluding hydrogens is 242 g/mol. The minimum absolute atomic E-state index is 0.0249. The highest BCUT2D eigenvalue weighted by Gasteiger charge is 2.02. The van der Waals surface area contributed by atoms with Crippen LogP contribution in [0.4, 0.5) is 5.69 Å². The van der Waals surface area contributed by atoms with Crippen LogP contribution in [-0.2, 0) is 4.79 Å². The highest BCUT2D eigenvalue weighted by atomic mass is 16.5. The van der Waals surface area contributed by atoms with Gasteiger partial charge in [0.1, 0.15) is 5.75 Å². The molecule has 0 aliphatic rings. The molecule has 1 rings (SSSR count). The van der Waals surface area contributed by atoms with E-state index in [-0.39, 0.29) is 12.5 Å². The molecule has 0 aromatic heterocycles. The Hall–Kier alpha value is -1.75. The van der Waals surface area contributed by atoms with E-state index in [2.05, 4.69) is 10.2 Å². The normalized spacial score (nSPS) is 10.5. The molecule has 1 amide bonds. The number of carbonyl (C=O) groups excluding carboxylic acids is 1. The molecule has 0 saturated heterocycles. The van der Waals surface area contributed by atoms with Crippen molar-refractivity contribution < 1.29 is 9.53 Å². The molecule has 1 aromatic carbocycles. The molecule has 0 spiro atoms. The van der Waals surface area contributed by atoms with E-state index in [0.29, 0.717) is 18.0 Å². The van der Waals surface area contributed by atoms with Gasteiger partial charge < -0.3 is 20.7 Å². The molecule has 0 heterocycles. The first-order chi connectivity index (χ1) is 9.08. The zero-order valence-electron chi connectivity index (χ0n) is 11.7. The van der Waals surface area contributed by atoms with Crippen molar-refractivity contribution in [1.82, 2.24) is 10.2 Å². The summed E-state index contributed by atoms with van der Waals surface area (Å²) in [7, 11) is 4.08. The number of ether oxygens (including phenoxy) is 1. The van der Waals surface area contributed by atoms with Crippen LogP contribution in [0.1, 0.15) is 12.8 Å². The Morgan fingerprint density at radius 1 is 1.37 bits per heavy atom. The molecule has 1 aromatic rings. The third-order valence-electron chi connectivity index (χ3n) is 2.58. The quantitative estimate of drug-likeness (QED) is 0.546. The first-order valence-corrected chi connectivity index (χ1v) is 6.47. The maximum atomic E-state index is 11.5. The van der Waals surface area contributed by atoms with Crippen molar-refractivity contribution >= 4 is 11.6 Å². The van der Waals surface area contributed by atoms with E-state index in [9.17, 15) is 4.79 Å². The van der Waals surface area contributed by atoms with Crippen molar-refractivity contribution in [3.8, 4) is 5.75 Å². The average molecular weight is 265 g/mol. The average Bonchev–Trinajstić information content (AvgIpc) is 2.35. The number of hydrogen-bond acceptors (Lipinski definition) is 4. The van der Waals surface area contributed by atoms with Crippen LogP contribution >= 0.6 is 0 Å². The molecule has 0 saturated carbocycles. The third kappa shape index (κ3) is 7.31. The number of hydrogen-bond donors (Lipinski definition) is 2. The lowest BCUT2D eigenvalue weighted by atomic mass is 10.3. The second-order valence-corrected chi connectivity index (χ2v) is 4.72. The molecule has 19 heavy (non-hydrogen) atoms. The number of rotatable bonds is 8. The Labute approximate surface area is 114 Å². The lowest BCUT2D eigenvalue weighted by Gasteiger charge is -2.10. The van der Waals surface area contributed by atoms with Gasteiger partial charge in [-0.15, -0.1) is 0 Å². The third-order valence-corrected chi connectivity index (χ3v) is 2.58. The van der Waals surface area contributed by atoms with Gasteiger partial charge in [0, 0.05) is 18.3 Å². The molecule has 3 N–H and O–H groups in total. The number of nitrogens with two attached hydrogens (primary N) is 1. The SMILES string of the molecule is CN(C)CCCCNC(=O)COc1cccc(N)c1. The van der Waals surface area contributed by atoms with Crippen LogP contribution in [0.3, 0.4) is 0 Å². The molecule has 5 nitrogen and oxygen atoms in total. The molecule has 0 unspecified atom stereocenters. The van der Waals surface area contributed by atoms with Crippen molar-refractivity contribution in [3.05, 3.63) is 24.3 Å². The smallest absolute Gasteiger partial charge is 0.257 e. The second kappa shape index (κ2) is 8.37. The van der Waals surface area contributed by atoms with Crippen molar-refractivity contribution in [3.63, 3.8) is 0 Å². The van der Waals surface area contributed by atoms with Crippen LogP contribution in [0.2, 0.25) is 0 Å². The minimum Gasteiger partial charge on any atom is -0.484 e. The summed E-state index contributed by atoms with van der Waals surface area (Å²) in [5.41, 5.74) is 6.24. The molecule has 0 atom stereocenters. The Balaban J connectivity index is 2.11. The van der Waals surface area contributed by atoms with Gasteiger partial charge in [0.15, 0.2) is 6.61 Å². The van der Waals surface area contributed by atoms with Gasteiger partial charge in [0.25, 0.3) is 5.91 Å². The van der Waals surface area contributed by atoms with Crippen LogP contribution in [-0.4, -0.2) is 44.6 Å².